The van der Waals surface area contributed by atoms with Crippen LogP contribution >= 0.6 is 0 Å². The standard InChI is InChI=1S/C13H18N5O.B.Y/c1-7-9-11(18(17-7)13(2,3)4)15-10(16-12(9)19)8-5-14-6-8;;/h8H,5-6H2,1-4H3,(H,15,16,19);;/q-1;;. The number of hydrogen-bond donors (Lipinski definition) is 1. The maximum Gasteiger partial charge on any atom is 0.262 e. The third kappa shape index (κ3) is 3.15. The van der Waals surface area contributed by atoms with Gasteiger partial charge in [-0.05, 0) is 33.6 Å². The van der Waals surface area contributed by atoms with Crippen molar-refractivity contribution in [1.29, 1.82) is 0 Å². The van der Waals surface area contributed by atoms with Gasteiger partial charge in [0.25, 0.3) is 5.56 Å². The predicted octanol–water partition coefficient (Wildman–Crippen LogP) is 1.27. The molecule has 0 unspecified atom stereocenters. The molecule has 0 atom stereocenters. The van der Waals surface area contributed by atoms with E-state index in [1.54, 1.807) is 0 Å². The molecule has 2 aromatic heterocycles. The van der Waals surface area contributed by atoms with Crippen molar-refractivity contribution in [2.24, 2.45) is 0 Å². The maximum atomic E-state index is 12.2. The van der Waals surface area contributed by atoms with E-state index in [0.29, 0.717) is 11.0 Å². The zero-order chi connectivity index (χ0) is 13.8. The number of nitrogens with zero attached hydrogens (tertiary/aromatic N) is 4. The van der Waals surface area contributed by atoms with E-state index in [9.17, 15) is 4.79 Å². The Labute approximate surface area is 150 Å². The quantitative estimate of drug-likeness (QED) is 0.779. The molecule has 0 aliphatic carbocycles. The molecule has 0 spiro atoms. The van der Waals surface area contributed by atoms with Crippen LogP contribution in [0.15, 0.2) is 4.79 Å². The summed E-state index contributed by atoms with van der Waals surface area (Å²) in [5, 5.41) is 9.25. The molecule has 3 rings (SSSR count). The van der Waals surface area contributed by atoms with E-state index in [1.807, 2.05) is 11.6 Å². The molecule has 0 aromatic carbocycles. The fourth-order valence-electron chi connectivity index (χ4n) is 2.30. The summed E-state index contributed by atoms with van der Waals surface area (Å²) < 4.78 is 1.84. The molecule has 1 aliphatic heterocycles. The van der Waals surface area contributed by atoms with E-state index in [1.165, 1.54) is 0 Å². The van der Waals surface area contributed by atoms with Gasteiger partial charge in [0.15, 0.2) is 5.65 Å². The molecular formula is C13H18BN5OY-. The minimum atomic E-state index is -0.200. The Balaban J connectivity index is 0.00000110. The molecule has 0 amide bonds. The molecule has 21 heavy (non-hydrogen) atoms. The Bertz CT molecular complexity index is 699. The van der Waals surface area contributed by atoms with Gasteiger partial charge < -0.3 is 10.3 Å². The molecule has 2 aromatic rings. The van der Waals surface area contributed by atoms with Gasteiger partial charge >= 0.3 is 0 Å². The van der Waals surface area contributed by atoms with E-state index >= 15 is 0 Å². The van der Waals surface area contributed by atoms with Gasteiger partial charge in [0.05, 0.1) is 11.2 Å². The fraction of sp³-hybridized carbons (Fsp3) is 0.615. The fourth-order valence-corrected chi connectivity index (χ4v) is 2.30. The second kappa shape index (κ2) is 6.31. The van der Waals surface area contributed by atoms with Crippen LogP contribution in [0.4, 0.5) is 0 Å². The molecule has 3 heterocycles. The van der Waals surface area contributed by atoms with Gasteiger partial charge in [0.2, 0.25) is 0 Å². The maximum absolute atomic E-state index is 12.2. The van der Waals surface area contributed by atoms with Crippen molar-refractivity contribution in [1.82, 2.24) is 19.7 Å². The number of aromatic amines is 1. The first-order chi connectivity index (χ1) is 8.88. The van der Waals surface area contributed by atoms with Crippen molar-refractivity contribution in [2.75, 3.05) is 13.1 Å². The first-order valence-corrected chi connectivity index (χ1v) is 6.51. The van der Waals surface area contributed by atoms with Gasteiger partial charge in [-0.2, -0.15) is 5.10 Å². The SMILES string of the molecule is Cc1nn(C(C)(C)C)c2nc(C3C[N-]C3)[nH]c(=O)c12.[B].[Y]. The first kappa shape index (κ1) is 18.5. The summed E-state index contributed by atoms with van der Waals surface area (Å²) in [7, 11) is 0. The second-order valence-corrected chi connectivity index (χ2v) is 6.10. The third-order valence-electron chi connectivity index (χ3n) is 3.45. The molecule has 1 fully saturated rings. The van der Waals surface area contributed by atoms with Crippen LogP contribution in [-0.4, -0.2) is 41.3 Å². The first-order valence-electron chi connectivity index (χ1n) is 6.51. The smallest absolute Gasteiger partial charge is 0.262 e. The minimum Gasteiger partial charge on any atom is -0.661 e. The van der Waals surface area contributed by atoms with Crippen molar-refractivity contribution >= 4 is 19.4 Å². The molecule has 1 aliphatic rings. The van der Waals surface area contributed by atoms with Crippen LogP contribution < -0.4 is 5.56 Å². The topological polar surface area (TPSA) is 77.7 Å². The average Bonchev–Trinajstić information content (AvgIpc) is 2.53. The molecule has 108 valence electrons. The molecule has 6 nitrogen and oxygen atoms in total. The summed E-state index contributed by atoms with van der Waals surface area (Å²) in [5.41, 5.74) is 1.10. The molecular weight excluding hydrogens is 342 g/mol. The number of aromatic nitrogens is 4. The van der Waals surface area contributed by atoms with Gasteiger partial charge in [0.1, 0.15) is 11.2 Å². The van der Waals surface area contributed by atoms with Crippen molar-refractivity contribution in [3.8, 4) is 0 Å². The third-order valence-corrected chi connectivity index (χ3v) is 3.45. The second-order valence-electron chi connectivity index (χ2n) is 6.10. The largest absolute Gasteiger partial charge is 0.661 e. The zero-order valence-corrected chi connectivity index (χ0v) is 15.7. The van der Waals surface area contributed by atoms with Crippen LogP contribution in [0.3, 0.4) is 0 Å². The molecule has 0 bridgehead atoms. The number of nitrogens with one attached hydrogen (secondary N) is 1. The monoisotopic (exact) mass is 360 g/mol. The molecule has 1 N–H and O–H groups in total. The zero-order valence-electron chi connectivity index (χ0n) is 12.8. The normalized spacial score (nSPS) is 15.2. The van der Waals surface area contributed by atoms with Crippen molar-refractivity contribution < 1.29 is 32.7 Å². The summed E-state index contributed by atoms with van der Waals surface area (Å²) in [4.78, 5) is 19.7. The molecule has 1 saturated heterocycles. The van der Waals surface area contributed by atoms with Crippen LogP contribution in [0.2, 0.25) is 0 Å². The van der Waals surface area contributed by atoms with Crippen molar-refractivity contribution in [3.63, 3.8) is 0 Å². The number of fused-ring (bicyclic) bond motifs is 1. The van der Waals surface area contributed by atoms with Crippen LogP contribution in [0.1, 0.15) is 38.2 Å². The molecule has 4 radical (unpaired) electrons. The summed E-state index contributed by atoms with van der Waals surface area (Å²) in [5.74, 6) is 0.985. The number of H-pyrrole nitrogens is 1. The van der Waals surface area contributed by atoms with Crippen molar-refractivity contribution in [3.05, 3.63) is 27.2 Å². The number of aryl methyl sites for hydroxylation is 1. The number of hydrogen-bond acceptors (Lipinski definition) is 3. The van der Waals surface area contributed by atoms with Crippen LogP contribution in [0.25, 0.3) is 16.4 Å². The minimum absolute atomic E-state index is 0. The molecule has 0 saturated carbocycles. The van der Waals surface area contributed by atoms with Crippen LogP contribution in [0, 0.1) is 6.92 Å². The predicted molar refractivity (Wildman–Crippen MR) is 79.5 cm³/mol. The average molecular weight is 360 g/mol. The van der Waals surface area contributed by atoms with Gasteiger partial charge in [-0.25, -0.2) is 9.67 Å². The van der Waals surface area contributed by atoms with Gasteiger partial charge in [-0.3, -0.25) is 4.79 Å². The van der Waals surface area contributed by atoms with Crippen molar-refractivity contribution in [2.45, 2.75) is 39.2 Å². The van der Waals surface area contributed by atoms with Gasteiger partial charge in [-0.15, -0.1) is 13.1 Å². The van der Waals surface area contributed by atoms with Crippen LogP contribution in [-0.2, 0) is 38.2 Å². The Morgan fingerprint density at radius 2 is 1.95 bits per heavy atom. The van der Waals surface area contributed by atoms with E-state index in [-0.39, 0.29) is 58.1 Å². The van der Waals surface area contributed by atoms with E-state index < -0.39 is 0 Å². The van der Waals surface area contributed by atoms with Crippen LogP contribution in [0.5, 0.6) is 0 Å². The number of rotatable bonds is 1. The van der Waals surface area contributed by atoms with Gasteiger partial charge in [-0.1, -0.05) is 0 Å². The van der Waals surface area contributed by atoms with E-state index in [4.69, 9.17) is 0 Å². The summed E-state index contributed by atoms with van der Waals surface area (Å²) in [6, 6.07) is 0. The molecule has 8 heteroatoms. The Morgan fingerprint density at radius 3 is 2.43 bits per heavy atom. The van der Waals surface area contributed by atoms with Gasteiger partial charge in [0, 0.05) is 41.1 Å². The summed E-state index contributed by atoms with van der Waals surface area (Å²) >= 11 is 0. The summed E-state index contributed by atoms with van der Waals surface area (Å²) in [6.07, 6.45) is 0. The summed E-state index contributed by atoms with van der Waals surface area (Å²) in [6.45, 7) is 9.51. The Morgan fingerprint density at radius 1 is 1.33 bits per heavy atom. The van der Waals surface area contributed by atoms with E-state index in [2.05, 4.69) is 41.2 Å². The Kier molecular flexibility index (Phi) is 5.56. The Hall–Kier alpha value is -0.521. The van der Waals surface area contributed by atoms with E-state index in [0.717, 1.165) is 24.6 Å².